The summed E-state index contributed by atoms with van der Waals surface area (Å²) in [4.78, 5) is 0. The van der Waals surface area contributed by atoms with Crippen LogP contribution in [0.1, 0.15) is 11.1 Å². The molecule has 9 aromatic rings. The van der Waals surface area contributed by atoms with Gasteiger partial charge in [-0.25, -0.2) is 0 Å². The van der Waals surface area contributed by atoms with Gasteiger partial charge in [-0.1, -0.05) is 109 Å². The molecule has 48 heavy (non-hydrogen) atoms. The van der Waals surface area contributed by atoms with Crippen LogP contribution in [0.4, 0.5) is 0 Å². The lowest BCUT2D eigenvalue weighted by atomic mass is 9.98. The normalized spacial score (nSPS) is 11.3. The second kappa shape index (κ2) is 10.9. The van der Waals surface area contributed by atoms with E-state index in [0.717, 1.165) is 77.2 Å². The summed E-state index contributed by atoms with van der Waals surface area (Å²) in [5, 5.41) is 24.5. The number of para-hydroxylation sites is 4. The van der Waals surface area contributed by atoms with Gasteiger partial charge >= 0.3 is 0 Å². The minimum Gasteiger partial charge on any atom is -0.309 e. The van der Waals surface area contributed by atoms with Crippen molar-refractivity contribution >= 4 is 43.6 Å². The van der Waals surface area contributed by atoms with Gasteiger partial charge in [-0.05, 0) is 65.2 Å². The molecule has 0 bridgehead atoms. The lowest BCUT2D eigenvalue weighted by molar-refractivity contribution is 1.17. The van der Waals surface area contributed by atoms with E-state index in [1.54, 1.807) is 0 Å². The average Bonchev–Trinajstić information content (AvgIpc) is 3.67. The van der Waals surface area contributed by atoms with E-state index >= 15 is 0 Å². The van der Waals surface area contributed by atoms with Crippen molar-refractivity contribution in [3.8, 4) is 45.8 Å². The van der Waals surface area contributed by atoms with Crippen molar-refractivity contribution < 1.29 is 0 Å². The second-order valence-corrected chi connectivity index (χ2v) is 12.0. The summed E-state index contributed by atoms with van der Waals surface area (Å²) in [7, 11) is 0. The van der Waals surface area contributed by atoms with Crippen LogP contribution in [0, 0.1) is 22.7 Å². The first-order valence-corrected chi connectivity index (χ1v) is 15.9. The number of aromatic nitrogens is 2. The van der Waals surface area contributed by atoms with Crippen molar-refractivity contribution in [2.45, 2.75) is 0 Å². The predicted octanol–water partition coefficient (Wildman–Crippen LogP) is 11.0. The molecule has 4 heteroatoms. The van der Waals surface area contributed by atoms with Crippen LogP contribution in [0.25, 0.3) is 77.2 Å². The van der Waals surface area contributed by atoms with Gasteiger partial charge in [-0.3, -0.25) is 0 Å². The molecule has 0 fully saturated rings. The molecular weight excluding hydrogens is 585 g/mol. The van der Waals surface area contributed by atoms with E-state index in [1.165, 1.54) is 0 Å². The molecule has 0 aliphatic rings. The Labute approximate surface area is 277 Å². The van der Waals surface area contributed by atoms with Crippen LogP contribution in [0.5, 0.6) is 0 Å². The maximum Gasteiger partial charge on any atom is 0.101 e. The number of hydrogen-bond donors (Lipinski definition) is 0. The van der Waals surface area contributed by atoms with Gasteiger partial charge in [-0.2, -0.15) is 10.5 Å². The fraction of sp³-hybridized carbons (Fsp3) is 0. The third kappa shape index (κ3) is 4.14. The first kappa shape index (κ1) is 27.4. The van der Waals surface area contributed by atoms with E-state index in [1.807, 2.05) is 36.4 Å². The van der Waals surface area contributed by atoms with Crippen LogP contribution in [-0.4, -0.2) is 9.13 Å². The van der Waals surface area contributed by atoms with Crippen LogP contribution in [0.3, 0.4) is 0 Å². The molecule has 0 saturated heterocycles. The molecule has 4 nitrogen and oxygen atoms in total. The van der Waals surface area contributed by atoms with Crippen LogP contribution in [0.2, 0.25) is 0 Å². The molecule has 0 spiro atoms. The number of rotatable bonds is 4. The molecule has 7 aromatic carbocycles. The molecule has 2 heterocycles. The van der Waals surface area contributed by atoms with E-state index in [9.17, 15) is 10.5 Å². The number of fused-ring (bicyclic) bond motifs is 6. The highest BCUT2D eigenvalue weighted by atomic mass is 15.0. The van der Waals surface area contributed by atoms with Crippen molar-refractivity contribution in [2.24, 2.45) is 0 Å². The van der Waals surface area contributed by atoms with Crippen molar-refractivity contribution in [2.75, 3.05) is 0 Å². The number of benzene rings is 7. The summed E-state index contributed by atoms with van der Waals surface area (Å²) in [6, 6.07) is 59.0. The zero-order valence-electron chi connectivity index (χ0n) is 25.8. The van der Waals surface area contributed by atoms with Gasteiger partial charge in [0, 0.05) is 27.1 Å². The third-order valence-electron chi connectivity index (χ3n) is 9.42. The summed E-state index contributed by atoms with van der Waals surface area (Å²) < 4.78 is 4.48. The fourth-order valence-electron chi connectivity index (χ4n) is 7.23. The standard InChI is InChI=1S/C44H26N4/c45-27-29-17-24-38-37-12-4-8-16-42(37)48(44(38)25-29)39-13-5-1-9-34(39)31-20-18-30(19-21-31)32-22-23-33(28-46)43(26-32)47-40-14-6-2-10-35(40)36-11-3-7-15-41(36)47/h1-26H. The Bertz CT molecular complexity index is 2750. The number of nitriles is 2. The molecule has 9 rings (SSSR count). The molecule has 222 valence electrons. The molecule has 0 saturated carbocycles. The highest BCUT2D eigenvalue weighted by Crippen LogP contribution is 2.38. The van der Waals surface area contributed by atoms with Crippen LogP contribution in [-0.2, 0) is 0 Å². The van der Waals surface area contributed by atoms with E-state index in [-0.39, 0.29) is 0 Å². The van der Waals surface area contributed by atoms with Gasteiger partial charge in [0.15, 0.2) is 0 Å². The molecule has 0 aliphatic heterocycles. The highest BCUT2D eigenvalue weighted by Gasteiger charge is 2.17. The van der Waals surface area contributed by atoms with Gasteiger partial charge in [-0.15, -0.1) is 0 Å². The lowest BCUT2D eigenvalue weighted by Crippen LogP contribution is -1.98. The van der Waals surface area contributed by atoms with E-state index in [4.69, 9.17) is 0 Å². The first-order chi connectivity index (χ1) is 23.7. The zero-order chi connectivity index (χ0) is 32.2. The smallest absolute Gasteiger partial charge is 0.101 e. The molecule has 0 amide bonds. The summed E-state index contributed by atoms with van der Waals surface area (Å²) in [5.74, 6) is 0. The van der Waals surface area contributed by atoms with Gasteiger partial charge in [0.25, 0.3) is 0 Å². The third-order valence-corrected chi connectivity index (χ3v) is 9.42. The van der Waals surface area contributed by atoms with E-state index in [0.29, 0.717) is 11.1 Å². The highest BCUT2D eigenvalue weighted by molar-refractivity contribution is 6.11. The average molecular weight is 611 g/mol. The Morgan fingerprint density at radius 3 is 1.52 bits per heavy atom. The SMILES string of the molecule is N#Cc1ccc2c3ccccc3n(-c3ccccc3-c3ccc(-c4ccc(C#N)c(-n5c6ccccc6c6ccccc65)c4)cc3)c2c1. The maximum absolute atomic E-state index is 10.2. The summed E-state index contributed by atoms with van der Waals surface area (Å²) in [6.07, 6.45) is 0. The van der Waals surface area contributed by atoms with Gasteiger partial charge in [0.05, 0.1) is 50.6 Å². The van der Waals surface area contributed by atoms with Gasteiger partial charge in [0.1, 0.15) is 6.07 Å². The molecule has 0 aliphatic carbocycles. The zero-order valence-corrected chi connectivity index (χ0v) is 25.8. The maximum atomic E-state index is 10.2. The number of nitrogens with zero attached hydrogens (tertiary/aromatic N) is 4. The lowest BCUT2D eigenvalue weighted by Gasteiger charge is -2.15. The Morgan fingerprint density at radius 2 is 0.896 bits per heavy atom. The quantitative estimate of drug-likeness (QED) is 0.199. The van der Waals surface area contributed by atoms with Crippen molar-refractivity contribution in [1.29, 1.82) is 10.5 Å². The summed E-state index contributed by atoms with van der Waals surface area (Å²) >= 11 is 0. The molecule has 0 N–H and O–H groups in total. The predicted molar refractivity (Wildman–Crippen MR) is 195 cm³/mol. The second-order valence-electron chi connectivity index (χ2n) is 12.0. The molecule has 0 radical (unpaired) electrons. The molecule has 0 atom stereocenters. The fourth-order valence-corrected chi connectivity index (χ4v) is 7.23. The minimum atomic E-state index is 0.626. The largest absolute Gasteiger partial charge is 0.309 e. The topological polar surface area (TPSA) is 57.4 Å². The van der Waals surface area contributed by atoms with Crippen molar-refractivity contribution in [3.05, 3.63) is 169 Å². The number of hydrogen-bond acceptors (Lipinski definition) is 2. The van der Waals surface area contributed by atoms with Crippen molar-refractivity contribution in [3.63, 3.8) is 0 Å². The van der Waals surface area contributed by atoms with E-state index in [2.05, 4.69) is 143 Å². The van der Waals surface area contributed by atoms with Crippen LogP contribution in [0.15, 0.2) is 158 Å². The minimum absolute atomic E-state index is 0.626. The summed E-state index contributed by atoms with van der Waals surface area (Å²) in [5.41, 5.74) is 11.7. The van der Waals surface area contributed by atoms with Gasteiger partial charge in [0.2, 0.25) is 0 Å². The Morgan fingerprint density at radius 1 is 0.375 bits per heavy atom. The summed E-state index contributed by atoms with van der Waals surface area (Å²) in [6.45, 7) is 0. The van der Waals surface area contributed by atoms with Crippen LogP contribution >= 0.6 is 0 Å². The Kier molecular flexibility index (Phi) is 6.22. The molecule has 0 unspecified atom stereocenters. The first-order valence-electron chi connectivity index (χ1n) is 15.9. The van der Waals surface area contributed by atoms with E-state index < -0.39 is 0 Å². The molecular formula is C44H26N4. The Hall–Kier alpha value is -6.88. The Balaban J connectivity index is 1.17. The van der Waals surface area contributed by atoms with Crippen molar-refractivity contribution in [1.82, 2.24) is 9.13 Å². The van der Waals surface area contributed by atoms with Gasteiger partial charge < -0.3 is 9.13 Å². The van der Waals surface area contributed by atoms with Crippen LogP contribution < -0.4 is 0 Å². The monoisotopic (exact) mass is 610 g/mol. The molecule has 2 aromatic heterocycles.